The molecule has 0 aliphatic rings. The quantitative estimate of drug-likeness (QED) is 0.400. The molecule has 0 aliphatic heterocycles. The van der Waals surface area contributed by atoms with Crippen molar-refractivity contribution in [3.8, 4) is 0 Å². The van der Waals surface area contributed by atoms with E-state index < -0.39 is 0 Å². The Morgan fingerprint density at radius 2 is 0.833 bits per heavy atom. The first kappa shape index (κ1) is 40.6. The van der Waals surface area contributed by atoms with Gasteiger partial charge in [0.25, 0.3) is 0 Å². The van der Waals surface area contributed by atoms with Crippen LogP contribution in [-0.2, 0) is 4.70 Å². The van der Waals surface area contributed by atoms with Gasteiger partial charge in [-0.1, -0.05) is 0 Å². The van der Waals surface area contributed by atoms with Gasteiger partial charge in [0.15, 0.2) is 0 Å². The van der Waals surface area contributed by atoms with Crippen molar-refractivity contribution in [2.24, 2.45) is 0 Å². The van der Waals surface area contributed by atoms with Gasteiger partial charge in [0.2, 0.25) is 0 Å². The van der Waals surface area contributed by atoms with E-state index in [9.17, 15) is 0 Å². The molecule has 6 heavy (non-hydrogen) atoms. The summed E-state index contributed by atoms with van der Waals surface area (Å²) in [7, 11) is 3.25. The topological polar surface area (TPSA) is 17.1 Å². The van der Waals surface area contributed by atoms with Crippen molar-refractivity contribution in [2.45, 2.75) is 0 Å². The molecule has 6 heteroatoms. The molecular weight excluding hydrogens is 270 g/mol. The molecular formula is BBaCl3O. The summed E-state index contributed by atoms with van der Waals surface area (Å²) in [4.78, 5) is 0. The maximum Gasteiger partial charge on any atom is 2.00 e. The molecule has 0 heterocycles. The van der Waals surface area contributed by atoms with E-state index in [4.69, 9.17) is 4.70 Å². The minimum Gasteiger partial charge on any atom is -1.00 e. The van der Waals surface area contributed by atoms with Crippen molar-refractivity contribution in [3.05, 3.63) is 0 Å². The molecule has 0 aliphatic carbocycles. The molecule has 0 unspecified atom stereocenters. The summed E-state index contributed by atoms with van der Waals surface area (Å²) >= 11 is 0. The van der Waals surface area contributed by atoms with E-state index in [1.807, 2.05) is 0 Å². The Morgan fingerprint density at radius 3 is 0.833 bits per heavy atom. The van der Waals surface area contributed by atoms with Gasteiger partial charge < -0.3 is 37.2 Å². The SMILES string of the molecule is [B+]=O.[Ba+2].[Cl-].[Cl-].[Cl-]. The van der Waals surface area contributed by atoms with Crippen molar-refractivity contribution in [1.29, 1.82) is 0 Å². The number of halogens is 3. The minimum absolute atomic E-state index is 0. The summed E-state index contributed by atoms with van der Waals surface area (Å²) in [5.74, 6) is 0. The maximum absolute atomic E-state index is 7.75. The van der Waals surface area contributed by atoms with Crippen LogP contribution in [0.1, 0.15) is 0 Å². The molecule has 0 aromatic carbocycles. The van der Waals surface area contributed by atoms with Crippen LogP contribution in [0.2, 0.25) is 0 Å². The molecule has 1 nitrogen and oxygen atoms in total. The van der Waals surface area contributed by atoms with Crippen molar-refractivity contribution in [2.75, 3.05) is 0 Å². The molecule has 0 N–H and O–H groups in total. The van der Waals surface area contributed by atoms with Crippen LogP contribution in [0.25, 0.3) is 0 Å². The van der Waals surface area contributed by atoms with Gasteiger partial charge in [-0.15, -0.1) is 0 Å². The summed E-state index contributed by atoms with van der Waals surface area (Å²) in [5.41, 5.74) is 0. The van der Waals surface area contributed by atoms with E-state index in [1.54, 1.807) is 0 Å². The van der Waals surface area contributed by atoms with Crippen molar-refractivity contribution in [3.63, 3.8) is 0 Å². The summed E-state index contributed by atoms with van der Waals surface area (Å²) in [5, 5.41) is 0. The Bertz CT molecular complexity index is 10.8. The van der Waals surface area contributed by atoms with Crippen molar-refractivity contribution in [1.82, 2.24) is 0 Å². The van der Waals surface area contributed by atoms with Crippen LogP contribution < -0.4 is 37.2 Å². The first-order chi connectivity index (χ1) is 1.00. The van der Waals surface area contributed by atoms with E-state index in [2.05, 4.69) is 7.72 Å². The van der Waals surface area contributed by atoms with E-state index in [-0.39, 0.29) is 86.1 Å². The molecule has 0 atom stereocenters. The molecule has 0 rings (SSSR count). The van der Waals surface area contributed by atoms with Crippen LogP contribution in [0.5, 0.6) is 0 Å². The fourth-order valence-corrected chi connectivity index (χ4v) is 0. The van der Waals surface area contributed by atoms with Crippen molar-refractivity contribution < 1.29 is 41.9 Å². The molecule has 0 fully saturated rings. The van der Waals surface area contributed by atoms with Gasteiger partial charge in [0, 0.05) is 0 Å². The zero-order valence-electron chi connectivity index (χ0n) is 2.83. The van der Waals surface area contributed by atoms with Gasteiger partial charge in [-0.25, -0.2) is 0 Å². The zero-order chi connectivity index (χ0) is 2.00. The average molecular weight is 270 g/mol. The number of hydrogen-bond acceptors (Lipinski definition) is 1. The van der Waals surface area contributed by atoms with Crippen LogP contribution in [-0.4, -0.2) is 56.6 Å². The van der Waals surface area contributed by atoms with Gasteiger partial charge in [0.1, 0.15) is 0 Å². The van der Waals surface area contributed by atoms with Gasteiger partial charge in [-0.05, 0) is 0 Å². The predicted molar refractivity (Wildman–Crippen MR) is 12.2 cm³/mol. The molecule has 0 spiro atoms. The fraction of sp³-hybridized carbons (Fsp3) is 0. The predicted octanol–water partition coefficient (Wildman–Crippen LogP) is -9.87. The van der Waals surface area contributed by atoms with Gasteiger partial charge >= 0.3 is 61.3 Å². The smallest absolute Gasteiger partial charge is 1.00 e. The second-order valence-electron chi connectivity index (χ2n) is 0. The van der Waals surface area contributed by atoms with E-state index in [1.165, 1.54) is 0 Å². The normalized spacial score (nSPS) is 1.00. The molecule has 0 saturated heterocycles. The number of hydrogen-bond donors (Lipinski definition) is 0. The Hall–Kier alpha value is 2.31. The molecule has 0 saturated carbocycles. The maximum atomic E-state index is 7.75. The van der Waals surface area contributed by atoms with E-state index in [0.717, 1.165) is 0 Å². The molecule has 0 amide bonds. The largest absolute Gasteiger partial charge is 2.00 e. The standard InChI is InChI=1S/BO.Ba.3ClH/c1-2;;;;/h;;3*1H/q+1;+2;;;/p-3. The fourth-order valence-electron chi connectivity index (χ4n) is 0. The summed E-state index contributed by atoms with van der Waals surface area (Å²) in [6.07, 6.45) is 0. The van der Waals surface area contributed by atoms with Crippen LogP contribution in [0.15, 0.2) is 0 Å². The second kappa shape index (κ2) is 54.6. The molecule has 0 bridgehead atoms. The van der Waals surface area contributed by atoms with Crippen molar-refractivity contribution >= 4 is 56.6 Å². The van der Waals surface area contributed by atoms with Crippen LogP contribution in [0, 0.1) is 0 Å². The summed E-state index contributed by atoms with van der Waals surface area (Å²) in [6, 6.07) is 0. The molecule has 0 aromatic rings. The Kier molecular flexibility index (Phi) is 369. The van der Waals surface area contributed by atoms with Crippen LogP contribution in [0.4, 0.5) is 0 Å². The third-order valence-electron chi connectivity index (χ3n) is 0. The van der Waals surface area contributed by atoms with E-state index in [0.29, 0.717) is 0 Å². The first-order valence-corrected chi connectivity index (χ1v) is 0.236. The third-order valence-corrected chi connectivity index (χ3v) is 0. The third kappa shape index (κ3) is 33.4. The second-order valence-corrected chi connectivity index (χ2v) is 0. The molecule has 0 radical (unpaired) electrons. The summed E-state index contributed by atoms with van der Waals surface area (Å²) in [6.45, 7) is 0. The van der Waals surface area contributed by atoms with E-state index >= 15 is 0 Å². The average Bonchev–Trinajstić information content (AvgIpc) is 1.00. The Morgan fingerprint density at radius 1 is 0.833 bits per heavy atom. The molecule has 0 aromatic heterocycles. The van der Waals surface area contributed by atoms with Gasteiger partial charge in [-0.2, -0.15) is 0 Å². The monoisotopic (exact) mass is 270 g/mol. The van der Waals surface area contributed by atoms with Gasteiger partial charge in [-0.3, -0.25) is 0 Å². The van der Waals surface area contributed by atoms with Crippen LogP contribution in [0.3, 0.4) is 0 Å². The number of rotatable bonds is 0. The van der Waals surface area contributed by atoms with Crippen LogP contribution >= 0.6 is 0 Å². The Balaban J connectivity index is -0.000000000833. The first-order valence-electron chi connectivity index (χ1n) is 0.236. The minimum atomic E-state index is 0. The zero-order valence-corrected chi connectivity index (χ0v) is 9.54. The summed E-state index contributed by atoms with van der Waals surface area (Å²) < 4.78 is 7.75. The van der Waals surface area contributed by atoms with Gasteiger partial charge in [0.05, 0.1) is 0 Å². The Labute approximate surface area is 96.7 Å². The molecule has 32 valence electrons.